The Kier molecular flexibility index (Phi) is 5.19. The van der Waals surface area contributed by atoms with Crippen LogP contribution in [-0.4, -0.2) is 30.2 Å². The van der Waals surface area contributed by atoms with Gasteiger partial charge in [-0.05, 0) is 43.5 Å². The highest BCUT2D eigenvalue weighted by molar-refractivity contribution is 7.92. The Labute approximate surface area is 128 Å². The summed E-state index contributed by atoms with van der Waals surface area (Å²) in [6, 6.07) is 5.22. The number of aromatic nitrogens is 2. The molecule has 6 nitrogen and oxygen atoms in total. The molecule has 2 aromatic rings. The second-order valence-electron chi connectivity index (χ2n) is 4.59. The molecule has 1 heterocycles. The maximum Gasteiger partial charge on any atom is 0.247 e. The van der Waals surface area contributed by atoms with Gasteiger partial charge in [-0.25, -0.2) is 8.42 Å². The van der Waals surface area contributed by atoms with E-state index in [1.807, 2.05) is 6.92 Å². The number of rotatable bonds is 7. The smallest absolute Gasteiger partial charge is 0.247 e. The fourth-order valence-electron chi connectivity index (χ4n) is 1.82. The molecule has 114 valence electrons. The molecule has 0 saturated carbocycles. The number of sulfonamides is 1. The topological polar surface area (TPSA) is 85.1 Å². The van der Waals surface area contributed by atoms with Crippen LogP contribution in [0.15, 0.2) is 29.0 Å². The van der Waals surface area contributed by atoms with Crippen LogP contribution in [0, 0.1) is 6.92 Å². The van der Waals surface area contributed by atoms with E-state index in [0.717, 1.165) is 11.1 Å². The third-order valence-corrected chi connectivity index (χ3v) is 4.52. The van der Waals surface area contributed by atoms with Crippen LogP contribution < -0.4 is 4.72 Å². The predicted octanol–water partition coefficient (Wildman–Crippen LogP) is 2.81. The van der Waals surface area contributed by atoms with Crippen LogP contribution in [0.1, 0.15) is 18.4 Å². The van der Waals surface area contributed by atoms with Crippen LogP contribution in [0.2, 0.25) is 0 Å². The van der Waals surface area contributed by atoms with Gasteiger partial charge in [0.15, 0.2) is 0 Å². The molecule has 0 atom stereocenters. The third kappa shape index (κ3) is 4.44. The zero-order chi connectivity index (χ0) is 15.3. The first-order valence-electron chi connectivity index (χ1n) is 6.45. The van der Waals surface area contributed by atoms with Crippen molar-refractivity contribution >= 4 is 27.3 Å². The minimum atomic E-state index is -3.36. The van der Waals surface area contributed by atoms with Crippen molar-refractivity contribution in [1.82, 2.24) is 10.2 Å². The van der Waals surface area contributed by atoms with Crippen LogP contribution in [0.5, 0.6) is 0 Å². The van der Waals surface area contributed by atoms with E-state index >= 15 is 0 Å². The van der Waals surface area contributed by atoms with Gasteiger partial charge in [0, 0.05) is 11.4 Å². The molecule has 0 radical (unpaired) electrons. The number of nitrogens with zero attached hydrogens (tertiary/aromatic N) is 2. The lowest BCUT2D eigenvalue weighted by molar-refractivity contribution is 0.568. The zero-order valence-electron chi connectivity index (χ0n) is 11.5. The zero-order valence-corrected chi connectivity index (χ0v) is 13.1. The summed E-state index contributed by atoms with van der Waals surface area (Å²) in [5, 5.41) is 7.43. The van der Waals surface area contributed by atoms with Gasteiger partial charge in [0.2, 0.25) is 22.3 Å². The molecule has 2 rings (SSSR count). The number of alkyl halides is 1. The van der Waals surface area contributed by atoms with Gasteiger partial charge < -0.3 is 4.42 Å². The average Bonchev–Trinajstić information content (AvgIpc) is 2.95. The van der Waals surface area contributed by atoms with Gasteiger partial charge in [-0.1, -0.05) is 0 Å². The number of benzene rings is 1. The molecular weight excluding hydrogens is 314 g/mol. The Morgan fingerprint density at radius 2 is 2.14 bits per heavy atom. The summed E-state index contributed by atoms with van der Waals surface area (Å²) in [6.07, 6.45) is 2.47. The Morgan fingerprint density at radius 1 is 1.33 bits per heavy atom. The number of halogens is 1. The molecule has 0 aliphatic heterocycles. The van der Waals surface area contributed by atoms with Crippen molar-refractivity contribution in [3.63, 3.8) is 0 Å². The van der Waals surface area contributed by atoms with E-state index in [-0.39, 0.29) is 5.75 Å². The third-order valence-electron chi connectivity index (χ3n) is 2.90. The summed E-state index contributed by atoms with van der Waals surface area (Å²) in [7, 11) is -3.36. The average molecular weight is 330 g/mol. The minimum Gasteiger partial charge on any atom is -0.423 e. The molecule has 0 spiro atoms. The van der Waals surface area contributed by atoms with Gasteiger partial charge in [0.1, 0.15) is 0 Å². The monoisotopic (exact) mass is 329 g/mol. The largest absolute Gasteiger partial charge is 0.423 e. The fourth-order valence-corrected chi connectivity index (χ4v) is 3.25. The summed E-state index contributed by atoms with van der Waals surface area (Å²) >= 11 is 5.55. The number of aryl methyl sites for hydroxylation is 1. The van der Waals surface area contributed by atoms with Crippen LogP contribution in [0.3, 0.4) is 0 Å². The van der Waals surface area contributed by atoms with E-state index < -0.39 is 10.0 Å². The van der Waals surface area contributed by atoms with E-state index in [1.165, 1.54) is 6.39 Å². The molecule has 1 aromatic heterocycles. The van der Waals surface area contributed by atoms with Crippen molar-refractivity contribution in [1.29, 1.82) is 0 Å². The van der Waals surface area contributed by atoms with E-state index in [9.17, 15) is 8.42 Å². The molecule has 1 N–H and O–H groups in total. The standard InChI is InChI=1S/C13H16ClN3O3S/c1-10-8-11(13-16-15-9-20-13)4-5-12(10)17-21(18,19)7-3-2-6-14/h4-5,8-9,17H,2-3,6-7H2,1H3. The Morgan fingerprint density at radius 3 is 2.76 bits per heavy atom. The van der Waals surface area contributed by atoms with Crippen LogP contribution in [0.25, 0.3) is 11.5 Å². The molecule has 0 fully saturated rings. The van der Waals surface area contributed by atoms with Gasteiger partial charge in [-0.3, -0.25) is 4.72 Å². The SMILES string of the molecule is Cc1cc(-c2nnco2)ccc1NS(=O)(=O)CCCCCl. The molecule has 8 heteroatoms. The summed E-state index contributed by atoms with van der Waals surface area (Å²) in [4.78, 5) is 0. The highest BCUT2D eigenvalue weighted by Crippen LogP contribution is 2.24. The molecule has 0 amide bonds. The molecule has 0 saturated heterocycles. The summed E-state index contributed by atoms with van der Waals surface area (Å²) in [6.45, 7) is 1.82. The molecule has 0 bridgehead atoms. The fraction of sp³-hybridized carbons (Fsp3) is 0.385. The van der Waals surface area contributed by atoms with Crippen molar-refractivity contribution in [2.24, 2.45) is 0 Å². The van der Waals surface area contributed by atoms with Gasteiger partial charge in [0.05, 0.1) is 11.4 Å². The Balaban J connectivity index is 2.11. The lowest BCUT2D eigenvalue weighted by Crippen LogP contribution is -2.17. The second-order valence-corrected chi connectivity index (χ2v) is 6.81. The number of hydrogen-bond donors (Lipinski definition) is 1. The molecule has 21 heavy (non-hydrogen) atoms. The first-order chi connectivity index (χ1) is 10.0. The quantitative estimate of drug-likeness (QED) is 0.623. The summed E-state index contributed by atoms with van der Waals surface area (Å²) < 4.78 is 31.6. The van der Waals surface area contributed by atoms with E-state index in [2.05, 4.69) is 14.9 Å². The lowest BCUT2D eigenvalue weighted by Gasteiger charge is -2.11. The Hall–Kier alpha value is -1.60. The normalized spacial score (nSPS) is 11.5. The maximum atomic E-state index is 11.9. The van der Waals surface area contributed by atoms with E-state index in [0.29, 0.717) is 30.3 Å². The van der Waals surface area contributed by atoms with Gasteiger partial charge >= 0.3 is 0 Å². The van der Waals surface area contributed by atoms with Crippen molar-refractivity contribution in [3.05, 3.63) is 30.2 Å². The first kappa shape index (κ1) is 15.8. The molecule has 0 unspecified atom stereocenters. The molecule has 0 aliphatic carbocycles. The van der Waals surface area contributed by atoms with Gasteiger partial charge in [0.25, 0.3) is 0 Å². The van der Waals surface area contributed by atoms with E-state index in [1.54, 1.807) is 18.2 Å². The molecule has 0 aliphatic rings. The van der Waals surface area contributed by atoms with Crippen molar-refractivity contribution in [3.8, 4) is 11.5 Å². The maximum absolute atomic E-state index is 11.9. The van der Waals surface area contributed by atoms with Crippen molar-refractivity contribution in [2.45, 2.75) is 19.8 Å². The van der Waals surface area contributed by atoms with Crippen molar-refractivity contribution < 1.29 is 12.8 Å². The highest BCUT2D eigenvalue weighted by atomic mass is 35.5. The number of anilines is 1. The number of hydrogen-bond acceptors (Lipinski definition) is 5. The highest BCUT2D eigenvalue weighted by Gasteiger charge is 2.13. The number of unbranched alkanes of at least 4 members (excludes halogenated alkanes) is 1. The van der Waals surface area contributed by atoms with Crippen LogP contribution >= 0.6 is 11.6 Å². The second kappa shape index (κ2) is 6.91. The van der Waals surface area contributed by atoms with Gasteiger partial charge in [-0.15, -0.1) is 21.8 Å². The van der Waals surface area contributed by atoms with Crippen LogP contribution in [-0.2, 0) is 10.0 Å². The van der Waals surface area contributed by atoms with E-state index in [4.69, 9.17) is 16.0 Å². The number of nitrogens with one attached hydrogen (secondary N) is 1. The minimum absolute atomic E-state index is 0.0601. The molecular formula is C13H16ClN3O3S. The van der Waals surface area contributed by atoms with Crippen LogP contribution in [0.4, 0.5) is 5.69 Å². The van der Waals surface area contributed by atoms with Gasteiger partial charge in [-0.2, -0.15) is 0 Å². The molecule has 1 aromatic carbocycles. The predicted molar refractivity (Wildman–Crippen MR) is 81.8 cm³/mol. The Bertz CT molecular complexity index is 687. The first-order valence-corrected chi connectivity index (χ1v) is 8.64. The lowest BCUT2D eigenvalue weighted by atomic mass is 10.1. The summed E-state index contributed by atoms with van der Waals surface area (Å²) in [5.41, 5.74) is 2.07. The van der Waals surface area contributed by atoms with Crippen molar-refractivity contribution in [2.75, 3.05) is 16.4 Å². The summed E-state index contributed by atoms with van der Waals surface area (Å²) in [5.74, 6) is 0.924.